The van der Waals surface area contributed by atoms with Crippen LogP contribution in [-0.2, 0) is 4.79 Å². The van der Waals surface area contributed by atoms with Gasteiger partial charge in [0.15, 0.2) is 5.13 Å². The third-order valence-electron chi connectivity index (χ3n) is 3.08. The molecule has 0 bridgehead atoms. The number of carbonyl (C=O) groups is 2. The Kier molecular flexibility index (Phi) is 3.27. The molecule has 1 saturated heterocycles. The van der Waals surface area contributed by atoms with E-state index in [-0.39, 0.29) is 5.91 Å². The van der Waals surface area contributed by atoms with E-state index in [1.807, 2.05) is 0 Å². The fourth-order valence-corrected chi connectivity index (χ4v) is 4.01. The molecule has 1 aromatic heterocycles. The molecule has 0 saturated carbocycles. The third-order valence-corrected chi connectivity index (χ3v) is 4.94. The monoisotopic (exact) mass is 309 g/mol. The highest BCUT2D eigenvalue weighted by atomic mass is 32.2. The van der Waals surface area contributed by atoms with Crippen molar-refractivity contribution in [2.45, 2.75) is 6.04 Å². The largest absolute Gasteiger partial charge is 0.480 e. The summed E-state index contributed by atoms with van der Waals surface area (Å²) in [5, 5.41) is 9.57. The molecule has 1 fully saturated rings. The molecule has 1 amide bonds. The first kappa shape index (κ1) is 13.2. The zero-order chi connectivity index (χ0) is 14.3. The standard InChI is InChI=1S/C12H11N3O3S2/c13-12-14-7-2-1-6(3-9(7)20-12)10(16)15-5-19-4-8(15)11(17)18/h1-3,8H,4-5H2,(H2,13,14)(H,17,18)/t8-/m0/s1. The molecular weight excluding hydrogens is 298 g/mol. The van der Waals surface area contributed by atoms with Gasteiger partial charge in [-0.1, -0.05) is 11.3 Å². The number of aromatic nitrogens is 1. The summed E-state index contributed by atoms with van der Waals surface area (Å²) < 4.78 is 0.826. The van der Waals surface area contributed by atoms with Crippen LogP contribution >= 0.6 is 23.1 Å². The molecule has 104 valence electrons. The van der Waals surface area contributed by atoms with E-state index in [2.05, 4.69) is 4.98 Å². The van der Waals surface area contributed by atoms with Crippen LogP contribution in [-0.4, -0.2) is 44.5 Å². The Bertz CT molecular complexity index is 700. The number of anilines is 1. The maximum absolute atomic E-state index is 12.4. The molecule has 6 nitrogen and oxygen atoms in total. The highest BCUT2D eigenvalue weighted by Crippen LogP contribution is 2.27. The van der Waals surface area contributed by atoms with Crippen LogP contribution < -0.4 is 5.73 Å². The van der Waals surface area contributed by atoms with Crippen LogP contribution in [0, 0.1) is 0 Å². The summed E-state index contributed by atoms with van der Waals surface area (Å²) in [4.78, 5) is 29.1. The Morgan fingerprint density at radius 3 is 3.00 bits per heavy atom. The van der Waals surface area contributed by atoms with Crippen LogP contribution in [0.4, 0.5) is 5.13 Å². The van der Waals surface area contributed by atoms with Gasteiger partial charge in [-0.3, -0.25) is 4.79 Å². The fourth-order valence-electron chi connectivity index (χ4n) is 2.09. The number of thiazole rings is 1. The average molecular weight is 309 g/mol. The molecule has 2 heterocycles. The van der Waals surface area contributed by atoms with E-state index in [1.54, 1.807) is 18.2 Å². The van der Waals surface area contributed by atoms with Crippen molar-refractivity contribution in [3.8, 4) is 0 Å². The van der Waals surface area contributed by atoms with Gasteiger partial charge in [-0.15, -0.1) is 11.8 Å². The second-order valence-electron chi connectivity index (χ2n) is 4.36. The summed E-state index contributed by atoms with van der Waals surface area (Å²) in [5.74, 6) is -0.405. The molecule has 3 N–H and O–H groups in total. The van der Waals surface area contributed by atoms with Crippen molar-refractivity contribution in [3.05, 3.63) is 23.8 Å². The molecule has 1 aromatic carbocycles. The average Bonchev–Trinajstić information content (AvgIpc) is 3.01. The zero-order valence-corrected chi connectivity index (χ0v) is 11.9. The summed E-state index contributed by atoms with van der Waals surface area (Å²) in [7, 11) is 0. The lowest BCUT2D eigenvalue weighted by molar-refractivity contribution is -0.140. The summed E-state index contributed by atoms with van der Waals surface area (Å²) in [6, 6.07) is 4.35. The number of nitrogens with zero attached hydrogens (tertiary/aromatic N) is 2. The van der Waals surface area contributed by atoms with Crippen molar-refractivity contribution in [2.75, 3.05) is 17.4 Å². The lowest BCUT2D eigenvalue weighted by atomic mass is 10.1. The Hall–Kier alpha value is -1.80. The van der Waals surface area contributed by atoms with E-state index in [9.17, 15) is 9.59 Å². The van der Waals surface area contributed by atoms with Crippen LogP contribution in [0.15, 0.2) is 18.2 Å². The molecule has 0 spiro atoms. The van der Waals surface area contributed by atoms with Gasteiger partial charge in [0, 0.05) is 11.3 Å². The Morgan fingerprint density at radius 1 is 1.45 bits per heavy atom. The molecule has 1 atom stereocenters. The number of benzene rings is 1. The molecule has 3 rings (SSSR count). The molecular formula is C12H11N3O3S2. The smallest absolute Gasteiger partial charge is 0.327 e. The number of thioether (sulfide) groups is 1. The van der Waals surface area contributed by atoms with Gasteiger partial charge in [-0.25, -0.2) is 9.78 Å². The molecule has 0 unspecified atom stereocenters. The molecule has 8 heteroatoms. The first-order valence-corrected chi connectivity index (χ1v) is 7.81. The topological polar surface area (TPSA) is 96.5 Å². The quantitative estimate of drug-likeness (QED) is 0.872. The van der Waals surface area contributed by atoms with Gasteiger partial charge in [-0.05, 0) is 18.2 Å². The van der Waals surface area contributed by atoms with E-state index in [1.165, 1.54) is 28.0 Å². The number of aliphatic carboxylic acids is 1. The number of carbonyl (C=O) groups excluding carboxylic acids is 1. The molecule has 1 aliphatic heterocycles. The summed E-state index contributed by atoms with van der Waals surface area (Å²) in [6.45, 7) is 0. The van der Waals surface area contributed by atoms with Gasteiger partial charge >= 0.3 is 5.97 Å². The predicted molar refractivity (Wildman–Crippen MR) is 79.0 cm³/mol. The summed E-state index contributed by atoms with van der Waals surface area (Å²) in [6.07, 6.45) is 0. The lowest BCUT2D eigenvalue weighted by Gasteiger charge is -2.20. The number of nitrogens with two attached hydrogens (primary N) is 1. The van der Waals surface area contributed by atoms with Crippen LogP contribution in [0.25, 0.3) is 10.2 Å². The second-order valence-corrected chi connectivity index (χ2v) is 6.43. The van der Waals surface area contributed by atoms with E-state index in [4.69, 9.17) is 10.8 Å². The van der Waals surface area contributed by atoms with Crippen molar-refractivity contribution in [2.24, 2.45) is 0 Å². The minimum absolute atomic E-state index is 0.267. The van der Waals surface area contributed by atoms with Crippen molar-refractivity contribution >= 4 is 50.3 Å². The maximum atomic E-state index is 12.4. The van der Waals surface area contributed by atoms with E-state index < -0.39 is 12.0 Å². The second kappa shape index (κ2) is 4.95. The number of carboxylic acid groups (broad SMARTS) is 1. The molecule has 1 aliphatic rings. The summed E-state index contributed by atoms with van der Waals surface area (Å²) in [5.41, 5.74) is 6.84. The molecule has 0 radical (unpaired) electrons. The van der Waals surface area contributed by atoms with Crippen LogP contribution in [0.1, 0.15) is 10.4 Å². The normalized spacial score (nSPS) is 18.6. The Balaban J connectivity index is 1.93. The third kappa shape index (κ3) is 2.20. The molecule has 0 aliphatic carbocycles. The van der Waals surface area contributed by atoms with Gasteiger partial charge < -0.3 is 15.7 Å². The van der Waals surface area contributed by atoms with Gasteiger partial charge in [0.2, 0.25) is 0 Å². The first-order chi connectivity index (χ1) is 9.56. The van der Waals surface area contributed by atoms with Gasteiger partial charge in [0.1, 0.15) is 6.04 Å². The number of rotatable bonds is 2. The van der Waals surface area contributed by atoms with Crippen molar-refractivity contribution in [3.63, 3.8) is 0 Å². The fraction of sp³-hybridized carbons (Fsp3) is 0.250. The number of hydrogen-bond acceptors (Lipinski definition) is 6. The number of hydrogen-bond donors (Lipinski definition) is 2. The van der Waals surface area contributed by atoms with E-state index in [0.29, 0.717) is 22.3 Å². The SMILES string of the molecule is Nc1nc2ccc(C(=O)N3CSC[C@H]3C(=O)O)cc2s1. The first-order valence-electron chi connectivity index (χ1n) is 5.84. The number of amides is 1. The van der Waals surface area contributed by atoms with Crippen LogP contribution in [0.3, 0.4) is 0 Å². The van der Waals surface area contributed by atoms with Crippen molar-refractivity contribution in [1.82, 2.24) is 9.88 Å². The van der Waals surface area contributed by atoms with Crippen molar-refractivity contribution < 1.29 is 14.7 Å². The van der Waals surface area contributed by atoms with Crippen LogP contribution in [0.2, 0.25) is 0 Å². The predicted octanol–water partition coefficient (Wildman–Crippen LogP) is 1.48. The van der Waals surface area contributed by atoms with Crippen molar-refractivity contribution in [1.29, 1.82) is 0 Å². The van der Waals surface area contributed by atoms with Gasteiger partial charge in [0.05, 0.1) is 16.1 Å². The Labute approximate surface area is 122 Å². The summed E-state index contributed by atoms with van der Waals surface area (Å²) >= 11 is 2.75. The number of carboxylic acids is 1. The molecule has 20 heavy (non-hydrogen) atoms. The number of nitrogen functional groups attached to an aromatic ring is 1. The highest BCUT2D eigenvalue weighted by Gasteiger charge is 2.35. The van der Waals surface area contributed by atoms with Crippen LogP contribution in [0.5, 0.6) is 0 Å². The lowest BCUT2D eigenvalue weighted by Crippen LogP contribution is -2.41. The van der Waals surface area contributed by atoms with Gasteiger partial charge in [-0.2, -0.15) is 0 Å². The highest BCUT2D eigenvalue weighted by molar-refractivity contribution is 7.99. The Morgan fingerprint density at radius 2 is 2.25 bits per heavy atom. The number of fused-ring (bicyclic) bond motifs is 1. The minimum atomic E-state index is -0.966. The minimum Gasteiger partial charge on any atom is -0.480 e. The van der Waals surface area contributed by atoms with E-state index >= 15 is 0 Å². The maximum Gasteiger partial charge on any atom is 0.327 e. The zero-order valence-electron chi connectivity index (χ0n) is 10.3. The van der Waals surface area contributed by atoms with Gasteiger partial charge in [0.25, 0.3) is 5.91 Å². The van der Waals surface area contributed by atoms with E-state index in [0.717, 1.165) is 10.2 Å². The molecule has 2 aromatic rings.